The van der Waals surface area contributed by atoms with E-state index in [-0.39, 0.29) is 35.1 Å². The first kappa shape index (κ1) is 21.4. The Morgan fingerprint density at radius 3 is 2.53 bits per heavy atom. The molecule has 0 aliphatic rings. The van der Waals surface area contributed by atoms with Gasteiger partial charge in [-0.15, -0.1) is 5.10 Å². The Kier molecular flexibility index (Phi) is 4.92. The van der Waals surface area contributed by atoms with Gasteiger partial charge in [-0.05, 0) is 6.07 Å². The Morgan fingerprint density at radius 2 is 1.82 bits per heavy atom. The minimum atomic E-state index is -4.70. The number of aromatic nitrogens is 6. The topological polar surface area (TPSA) is 117 Å². The van der Waals surface area contributed by atoms with Gasteiger partial charge >= 0.3 is 6.18 Å². The van der Waals surface area contributed by atoms with Crippen molar-refractivity contribution in [3.63, 3.8) is 0 Å². The minimum absolute atomic E-state index is 0.00243. The van der Waals surface area contributed by atoms with E-state index in [9.17, 15) is 18.0 Å². The van der Waals surface area contributed by atoms with Crippen LogP contribution in [0.5, 0.6) is 0 Å². The third-order valence-corrected chi connectivity index (χ3v) is 5.20. The number of nitrogens with zero attached hydrogens (tertiary/aromatic N) is 6. The fourth-order valence-electron chi connectivity index (χ4n) is 3.66. The second-order valence-corrected chi connectivity index (χ2v) is 7.49. The zero-order valence-corrected chi connectivity index (χ0v) is 17.6. The number of hydrogen-bond donors (Lipinski definition) is 1. The highest BCUT2D eigenvalue weighted by Crippen LogP contribution is 2.35. The monoisotopic (exact) mass is 467 g/mol. The van der Waals surface area contributed by atoms with Gasteiger partial charge in [0.15, 0.2) is 17.9 Å². The molecule has 9 nitrogen and oxygen atoms in total. The fraction of sp³-hybridized carbons (Fsp3) is 0.136. The molecular weight excluding hydrogens is 451 g/mol. The van der Waals surface area contributed by atoms with Gasteiger partial charge in [0, 0.05) is 30.4 Å². The highest BCUT2D eigenvalue weighted by Gasteiger charge is 2.38. The number of fused-ring (bicyclic) bond motifs is 1. The first-order chi connectivity index (χ1) is 16.2. The summed E-state index contributed by atoms with van der Waals surface area (Å²) in [5.41, 5.74) is 8.23. The number of oxazole rings is 1. The Bertz CT molecular complexity index is 1570. The van der Waals surface area contributed by atoms with E-state index in [1.807, 2.05) is 30.3 Å². The lowest BCUT2D eigenvalue weighted by Gasteiger charge is -2.12. The average molecular weight is 467 g/mol. The lowest BCUT2D eigenvalue weighted by atomic mass is 10.0. The van der Waals surface area contributed by atoms with Crippen molar-refractivity contribution in [1.82, 2.24) is 29.1 Å². The summed E-state index contributed by atoms with van der Waals surface area (Å²) in [4.78, 5) is 24.6. The number of nitrogen functional groups attached to an aromatic ring is 1. The molecule has 4 heterocycles. The van der Waals surface area contributed by atoms with E-state index >= 15 is 0 Å². The number of hydrogen-bond acceptors (Lipinski definition) is 7. The van der Waals surface area contributed by atoms with Crippen LogP contribution in [0.3, 0.4) is 0 Å². The van der Waals surface area contributed by atoms with E-state index in [4.69, 9.17) is 5.73 Å². The van der Waals surface area contributed by atoms with Crippen molar-refractivity contribution in [3.05, 3.63) is 82.7 Å². The number of benzene rings is 1. The lowest BCUT2D eigenvalue weighted by molar-refractivity contribution is -0.153. The van der Waals surface area contributed by atoms with Crippen LogP contribution >= 0.6 is 0 Å². The number of nitrogens with two attached hydrogens (primary N) is 1. The number of halogens is 3. The van der Waals surface area contributed by atoms with E-state index in [2.05, 4.69) is 24.5 Å². The van der Waals surface area contributed by atoms with Gasteiger partial charge in [-0.25, -0.2) is 15.0 Å². The van der Waals surface area contributed by atoms with Gasteiger partial charge in [-0.3, -0.25) is 4.79 Å². The van der Waals surface area contributed by atoms with Crippen molar-refractivity contribution >= 4 is 11.6 Å². The standard InChI is InChI=1S/C22H16F3N7O2/c1-31-10-13(7-8-16(31)33)17-18(12-5-3-2-4-6-12)29-21(26)32-20(17)28-15(30-32)9-14-19(22(23,24)25)34-11-27-14/h2-8,10-11H,9H2,1H3,(H2,26,29). The van der Waals surface area contributed by atoms with Crippen LogP contribution < -0.4 is 11.3 Å². The second-order valence-electron chi connectivity index (χ2n) is 7.49. The molecule has 4 aromatic heterocycles. The molecule has 5 rings (SSSR count). The molecule has 0 fully saturated rings. The number of rotatable bonds is 4. The van der Waals surface area contributed by atoms with Gasteiger partial charge in [0.2, 0.25) is 17.3 Å². The molecule has 0 unspecified atom stereocenters. The highest BCUT2D eigenvalue weighted by atomic mass is 19.4. The molecule has 0 aliphatic heterocycles. The van der Waals surface area contributed by atoms with Crippen molar-refractivity contribution < 1.29 is 17.6 Å². The third-order valence-electron chi connectivity index (χ3n) is 5.20. The van der Waals surface area contributed by atoms with E-state index in [0.717, 1.165) is 12.0 Å². The van der Waals surface area contributed by atoms with Crippen molar-refractivity contribution in [1.29, 1.82) is 0 Å². The summed E-state index contributed by atoms with van der Waals surface area (Å²) < 4.78 is 46.8. The van der Waals surface area contributed by atoms with Gasteiger partial charge < -0.3 is 14.7 Å². The van der Waals surface area contributed by atoms with Crippen LogP contribution in [0.1, 0.15) is 17.3 Å². The summed E-state index contributed by atoms with van der Waals surface area (Å²) in [6.07, 6.45) is -2.69. The lowest BCUT2D eigenvalue weighted by Crippen LogP contribution is -2.14. The minimum Gasteiger partial charge on any atom is -0.439 e. The van der Waals surface area contributed by atoms with Gasteiger partial charge in [0.1, 0.15) is 0 Å². The molecule has 1 aromatic carbocycles. The van der Waals surface area contributed by atoms with Crippen LogP contribution in [0, 0.1) is 0 Å². The Labute approximate surface area is 189 Å². The zero-order valence-electron chi connectivity index (χ0n) is 17.6. The summed E-state index contributed by atoms with van der Waals surface area (Å²) in [6, 6.07) is 12.2. The van der Waals surface area contributed by atoms with E-state index in [1.54, 1.807) is 19.3 Å². The Morgan fingerprint density at radius 1 is 1.06 bits per heavy atom. The summed E-state index contributed by atoms with van der Waals surface area (Å²) in [5, 5.41) is 4.27. The molecular formula is C22H16F3N7O2. The Balaban J connectivity index is 1.74. The molecule has 0 amide bonds. The molecule has 0 spiro atoms. The SMILES string of the molecule is Cn1cc(-c2c(-c3ccccc3)nc(N)n3nc(Cc4ncoc4C(F)(F)F)nc23)ccc1=O. The van der Waals surface area contributed by atoms with E-state index < -0.39 is 11.9 Å². The number of alkyl halides is 3. The van der Waals surface area contributed by atoms with Crippen LogP contribution in [0.15, 0.2) is 64.3 Å². The maximum absolute atomic E-state index is 13.2. The van der Waals surface area contributed by atoms with E-state index in [0.29, 0.717) is 16.8 Å². The fourth-order valence-corrected chi connectivity index (χ4v) is 3.66. The zero-order chi connectivity index (χ0) is 24.0. The molecule has 0 aliphatic carbocycles. The number of anilines is 1. The molecule has 0 saturated carbocycles. The summed E-state index contributed by atoms with van der Waals surface area (Å²) in [7, 11) is 1.61. The second kappa shape index (κ2) is 7.83. The van der Waals surface area contributed by atoms with Crippen LogP contribution in [-0.2, 0) is 19.6 Å². The van der Waals surface area contributed by atoms with Gasteiger partial charge in [0.05, 0.1) is 23.4 Å². The largest absolute Gasteiger partial charge is 0.451 e. The molecule has 172 valence electrons. The summed E-state index contributed by atoms with van der Waals surface area (Å²) >= 11 is 0. The third kappa shape index (κ3) is 3.68. The number of pyridine rings is 1. The quantitative estimate of drug-likeness (QED) is 0.431. The van der Waals surface area contributed by atoms with Crippen LogP contribution in [0.4, 0.5) is 19.1 Å². The van der Waals surface area contributed by atoms with Crippen LogP contribution in [0.25, 0.3) is 28.0 Å². The van der Waals surface area contributed by atoms with Crippen molar-refractivity contribution in [2.45, 2.75) is 12.6 Å². The van der Waals surface area contributed by atoms with Crippen LogP contribution in [0.2, 0.25) is 0 Å². The molecule has 12 heteroatoms. The van der Waals surface area contributed by atoms with Gasteiger partial charge in [-0.1, -0.05) is 30.3 Å². The van der Waals surface area contributed by atoms with Gasteiger partial charge in [-0.2, -0.15) is 17.7 Å². The molecule has 0 atom stereocenters. The summed E-state index contributed by atoms with van der Waals surface area (Å²) in [6.45, 7) is 0. The normalized spacial score (nSPS) is 11.9. The molecule has 0 saturated heterocycles. The maximum atomic E-state index is 13.2. The molecule has 5 aromatic rings. The first-order valence-corrected chi connectivity index (χ1v) is 9.99. The number of aryl methyl sites for hydroxylation is 1. The van der Waals surface area contributed by atoms with Crippen molar-refractivity contribution in [2.24, 2.45) is 7.05 Å². The van der Waals surface area contributed by atoms with Crippen LogP contribution in [-0.4, -0.2) is 29.1 Å². The molecule has 2 N–H and O–H groups in total. The predicted octanol–water partition coefficient (Wildman–Crippen LogP) is 3.34. The molecule has 0 radical (unpaired) electrons. The first-order valence-electron chi connectivity index (χ1n) is 9.99. The highest BCUT2D eigenvalue weighted by molar-refractivity contribution is 5.90. The smallest absolute Gasteiger partial charge is 0.439 e. The maximum Gasteiger partial charge on any atom is 0.451 e. The average Bonchev–Trinajstić information content (AvgIpc) is 3.44. The summed E-state index contributed by atoms with van der Waals surface area (Å²) in [5.74, 6) is -1.16. The van der Waals surface area contributed by atoms with Crippen molar-refractivity contribution in [3.8, 4) is 22.4 Å². The predicted molar refractivity (Wildman–Crippen MR) is 116 cm³/mol. The van der Waals surface area contributed by atoms with Crippen molar-refractivity contribution in [2.75, 3.05) is 5.73 Å². The van der Waals surface area contributed by atoms with E-state index in [1.165, 1.54) is 15.1 Å². The Hall–Kier alpha value is -4.48. The molecule has 0 bridgehead atoms. The van der Waals surface area contributed by atoms with Gasteiger partial charge in [0.25, 0.3) is 0 Å². The molecule has 34 heavy (non-hydrogen) atoms.